The summed E-state index contributed by atoms with van der Waals surface area (Å²) >= 11 is 0. The molecule has 0 unspecified atom stereocenters. The minimum Gasteiger partial charge on any atom is -0.299 e. The van der Waals surface area contributed by atoms with E-state index in [0.717, 1.165) is 25.7 Å². The van der Waals surface area contributed by atoms with Gasteiger partial charge in [0.05, 0.1) is 0 Å². The highest BCUT2D eigenvalue weighted by atomic mass is 16.1. The van der Waals surface area contributed by atoms with Crippen LogP contribution in [0.2, 0.25) is 0 Å². The fraction of sp³-hybridized carbons (Fsp3) is 0.591. The number of carbonyl (C=O) groups excluding carboxylic acids is 1. The van der Waals surface area contributed by atoms with Crippen molar-refractivity contribution in [2.45, 2.75) is 83.5 Å². The minimum absolute atomic E-state index is 0.476. The predicted octanol–water partition coefficient (Wildman–Crippen LogP) is 5.27. The van der Waals surface area contributed by atoms with Gasteiger partial charge >= 0.3 is 0 Å². The second-order valence-electron chi connectivity index (χ2n) is 7.71. The lowest BCUT2D eigenvalue weighted by Crippen LogP contribution is -2.09. The van der Waals surface area contributed by atoms with Crippen molar-refractivity contribution in [1.29, 1.82) is 0 Å². The van der Waals surface area contributed by atoms with Gasteiger partial charge in [-0.15, -0.1) is 0 Å². The van der Waals surface area contributed by atoms with E-state index in [9.17, 15) is 4.79 Å². The van der Waals surface area contributed by atoms with Gasteiger partial charge in [-0.3, -0.25) is 4.79 Å². The van der Waals surface area contributed by atoms with Crippen LogP contribution in [0, 0.1) is 0 Å². The second kappa shape index (κ2) is 6.63. The lowest BCUT2D eigenvalue weighted by atomic mass is 9.83. The van der Waals surface area contributed by atoms with Crippen LogP contribution >= 0.6 is 0 Å². The zero-order chi connectivity index (χ0) is 15.6. The van der Waals surface area contributed by atoms with E-state index in [1.807, 2.05) is 0 Å². The normalized spacial score (nSPS) is 25.3. The lowest BCUT2D eigenvalue weighted by molar-refractivity contribution is -0.118. The first kappa shape index (κ1) is 15.2. The first-order valence-corrected chi connectivity index (χ1v) is 9.65. The molecule has 1 fully saturated rings. The van der Waals surface area contributed by atoms with Gasteiger partial charge in [-0.05, 0) is 92.9 Å². The number of ketones is 1. The highest BCUT2D eigenvalue weighted by molar-refractivity contribution is 5.81. The van der Waals surface area contributed by atoms with Crippen molar-refractivity contribution >= 4 is 5.78 Å². The summed E-state index contributed by atoms with van der Waals surface area (Å²) in [6, 6.07) is 4.81. The van der Waals surface area contributed by atoms with Gasteiger partial charge in [0.2, 0.25) is 0 Å². The van der Waals surface area contributed by atoms with Crippen LogP contribution in [0.5, 0.6) is 0 Å². The highest BCUT2D eigenvalue weighted by Crippen LogP contribution is 2.35. The van der Waals surface area contributed by atoms with Crippen molar-refractivity contribution in [1.82, 2.24) is 0 Å². The Morgan fingerprint density at radius 2 is 1.17 bits per heavy atom. The Morgan fingerprint density at radius 1 is 0.565 bits per heavy atom. The van der Waals surface area contributed by atoms with Crippen molar-refractivity contribution < 1.29 is 4.79 Å². The second-order valence-corrected chi connectivity index (χ2v) is 7.71. The van der Waals surface area contributed by atoms with Crippen molar-refractivity contribution in [2.24, 2.45) is 0 Å². The van der Waals surface area contributed by atoms with Gasteiger partial charge < -0.3 is 0 Å². The molecule has 0 bridgehead atoms. The van der Waals surface area contributed by atoms with Gasteiger partial charge in [-0.1, -0.05) is 23.3 Å². The number of carbonyl (C=O) groups is 1. The third-order valence-corrected chi connectivity index (χ3v) is 6.16. The van der Waals surface area contributed by atoms with Crippen LogP contribution in [0.1, 0.15) is 80.0 Å². The van der Waals surface area contributed by atoms with Crippen molar-refractivity contribution in [2.75, 3.05) is 0 Å². The zero-order valence-electron chi connectivity index (χ0n) is 14.3. The summed E-state index contributed by atoms with van der Waals surface area (Å²) in [5, 5.41) is 0. The maximum atomic E-state index is 12.1. The topological polar surface area (TPSA) is 17.1 Å². The van der Waals surface area contributed by atoms with Crippen LogP contribution in [-0.2, 0) is 30.5 Å². The molecule has 0 atom stereocenters. The molecule has 0 spiro atoms. The Bertz CT molecular complexity index is 650. The van der Waals surface area contributed by atoms with Gasteiger partial charge in [0.15, 0.2) is 0 Å². The van der Waals surface area contributed by atoms with Gasteiger partial charge in [0.25, 0.3) is 0 Å². The van der Waals surface area contributed by atoms with E-state index < -0.39 is 0 Å². The average molecular weight is 308 g/mol. The Labute approximate surface area is 140 Å². The number of fused-ring (bicyclic) bond motifs is 3. The third-order valence-electron chi connectivity index (χ3n) is 6.16. The van der Waals surface area contributed by atoms with Crippen molar-refractivity contribution in [3.8, 4) is 0 Å². The average Bonchev–Trinajstić information content (AvgIpc) is 2.92. The maximum absolute atomic E-state index is 12.1. The molecule has 1 nitrogen and oxygen atoms in total. The first-order chi connectivity index (χ1) is 11.3. The molecule has 1 saturated carbocycles. The fourth-order valence-corrected chi connectivity index (χ4v) is 4.88. The molecule has 1 aromatic rings. The number of aryl methyl sites for hydroxylation is 2. The predicted molar refractivity (Wildman–Crippen MR) is 94.8 cm³/mol. The van der Waals surface area contributed by atoms with Crippen molar-refractivity contribution in [3.05, 3.63) is 45.5 Å². The van der Waals surface area contributed by atoms with Gasteiger partial charge in [0, 0.05) is 12.8 Å². The van der Waals surface area contributed by atoms with E-state index in [-0.39, 0.29) is 0 Å². The first-order valence-electron chi connectivity index (χ1n) is 9.65. The highest BCUT2D eigenvalue weighted by Gasteiger charge is 2.22. The molecular weight excluding hydrogens is 280 g/mol. The van der Waals surface area contributed by atoms with E-state index in [2.05, 4.69) is 12.1 Å². The standard InChI is InChI=1S/C22H28O/c23-20-10-3-1-7-18(14-20)19-9-5-8-17-13-12-16-6-2-4-11-21(16)22(17)15-19/h12-13H,1-11,14-15H2/b19-18+. The maximum Gasteiger partial charge on any atom is 0.136 e. The van der Waals surface area contributed by atoms with Gasteiger partial charge in [-0.25, -0.2) is 0 Å². The Morgan fingerprint density at radius 3 is 2.09 bits per heavy atom. The van der Waals surface area contributed by atoms with Gasteiger partial charge in [0.1, 0.15) is 5.78 Å². The zero-order valence-corrected chi connectivity index (χ0v) is 14.3. The number of benzene rings is 1. The molecule has 122 valence electrons. The van der Waals surface area contributed by atoms with Crippen molar-refractivity contribution in [3.63, 3.8) is 0 Å². The van der Waals surface area contributed by atoms with E-state index in [1.54, 1.807) is 27.8 Å². The monoisotopic (exact) mass is 308 g/mol. The van der Waals surface area contributed by atoms with Crippen LogP contribution in [0.15, 0.2) is 23.3 Å². The minimum atomic E-state index is 0.476. The van der Waals surface area contributed by atoms with Crippen LogP contribution in [0.25, 0.3) is 0 Å². The number of Topliss-reactive ketones (excluding diaryl/α,β-unsaturated/α-hetero) is 1. The molecule has 1 aromatic carbocycles. The molecule has 0 heterocycles. The summed E-state index contributed by atoms with van der Waals surface area (Å²) in [7, 11) is 0. The molecule has 0 aromatic heterocycles. The van der Waals surface area contributed by atoms with Crippen LogP contribution < -0.4 is 0 Å². The Balaban J connectivity index is 1.72. The molecule has 0 radical (unpaired) electrons. The number of hydrogen-bond donors (Lipinski definition) is 0. The molecular formula is C22H28O. The van der Waals surface area contributed by atoms with Crippen LogP contribution in [-0.4, -0.2) is 5.78 Å². The summed E-state index contributed by atoms with van der Waals surface area (Å²) in [6.45, 7) is 0. The summed E-state index contributed by atoms with van der Waals surface area (Å²) < 4.78 is 0. The summed E-state index contributed by atoms with van der Waals surface area (Å²) in [5.74, 6) is 0.476. The SMILES string of the molecule is O=C1CCCC/C(=C2/CCCc3ccc4c(c3C2)CCCC4)C1. The molecule has 23 heavy (non-hydrogen) atoms. The lowest BCUT2D eigenvalue weighted by Gasteiger charge is -2.22. The third kappa shape index (κ3) is 3.16. The van der Waals surface area contributed by atoms with E-state index in [0.29, 0.717) is 5.78 Å². The Kier molecular flexibility index (Phi) is 4.37. The fourth-order valence-electron chi connectivity index (χ4n) is 4.88. The van der Waals surface area contributed by atoms with E-state index in [4.69, 9.17) is 0 Å². The van der Waals surface area contributed by atoms with Crippen LogP contribution in [0.3, 0.4) is 0 Å². The number of rotatable bonds is 0. The number of allylic oxidation sites excluding steroid dienone is 2. The number of hydrogen-bond acceptors (Lipinski definition) is 1. The van der Waals surface area contributed by atoms with Crippen LogP contribution in [0.4, 0.5) is 0 Å². The smallest absolute Gasteiger partial charge is 0.136 e. The van der Waals surface area contributed by atoms with E-state index in [1.165, 1.54) is 63.4 Å². The molecule has 3 aliphatic carbocycles. The molecule has 4 rings (SSSR count). The Hall–Kier alpha value is -1.37. The molecule has 3 aliphatic rings. The summed E-state index contributed by atoms with van der Waals surface area (Å²) in [5.41, 5.74) is 9.67. The molecule has 0 saturated heterocycles. The van der Waals surface area contributed by atoms with E-state index >= 15 is 0 Å². The molecule has 0 N–H and O–H groups in total. The molecule has 0 amide bonds. The summed E-state index contributed by atoms with van der Waals surface area (Å²) in [6.07, 6.45) is 15.1. The quantitative estimate of drug-likeness (QED) is 0.362. The molecule has 1 heteroatoms. The van der Waals surface area contributed by atoms with Gasteiger partial charge in [-0.2, -0.15) is 0 Å². The molecule has 0 aliphatic heterocycles. The summed E-state index contributed by atoms with van der Waals surface area (Å²) in [4.78, 5) is 12.1. The largest absolute Gasteiger partial charge is 0.299 e.